The van der Waals surface area contributed by atoms with Crippen molar-refractivity contribution in [3.05, 3.63) is 23.3 Å². The number of carbonyl (C=O) groups is 1. The highest BCUT2D eigenvalue weighted by Gasteiger charge is 2.12. The Morgan fingerprint density at radius 2 is 1.82 bits per heavy atom. The van der Waals surface area contributed by atoms with Gasteiger partial charge in [0.1, 0.15) is 0 Å². The molecule has 1 aromatic carbocycles. The number of carbonyl (C=O) groups excluding carboxylic acids is 1. The number of hydrazine groups is 1. The Morgan fingerprint density at radius 3 is 2.24 bits per heavy atom. The summed E-state index contributed by atoms with van der Waals surface area (Å²) in [5, 5.41) is 9.23. The highest BCUT2D eigenvalue weighted by atomic mass is 16.5. The number of hydrogen-bond acceptors (Lipinski definition) is 5. The number of aliphatic hydroxyl groups excluding tert-OH is 1. The SMILES string of the molecule is COc1cc(CO)c(CC(=O)NN)cc1OC. The Labute approximate surface area is 99.3 Å². The molecule has 94 valence electrons. The van der Waals surface area contributed by atoms with Crippen molar-refractivity contribution in [1.82, 2.24) is 5.43 Å². The van der Waals surface area contributed by atoms with E-state index in [0.717, 1.165) is 0 Å². The molecule has 0 heterocycles. The van der Waals surface area contributed by atoms with E-state index in [1.54, 1.807) is 12.1 Å². The fraction of sp³-hybridized carbons (Fsp3) is 0.364. The second-order valence-electron chi connectivity index (χ2n) is 3.38. The minimum absolute atomic E-state index is 0.0761. The van der Waals surface area contributed by atoms with Crippen LogP contribution in [0.5, 0.6) is 11.5 Å². The van der Waals surface area contributed by atoms with E-state index in [1.165, 1.54) is 14.2 Å². The molecule has 0 aliphatic carbocycles. The van der Waals surface area contributed by atoms with E-state index in [2.05, 4.69) is 0 Å². The van der Waals surface area contributed by atoms with E-state index >= 15 is 0 Å². The van der Waals surface area contributed by atoms with Gasteiger partial charge in [0, 0.05) is 0 Å². The molecular weight excluding hydrogens is 224 g/mol. The quantitative estimate of drug-likeness (QED) is 0.374. The van der Waals surface area contributed by atoms with E-state index < -0.39 is 0 Å². The Hall–Kier alpha value is -1.79. The van der Waals surface area contributed by atoms with E-state index in [-0.39, 0.29) is 18.9 Å². The van der Waals surface area contributed by atoms with Crippen molar-refractivity contribution in [2.45, 2.75) is 13.0 Å². The third-order valence-corrected chi connectivity index (χ3v) is 2.39. The summed E-state index contributed by atoms with van der Waals surface area (Å²) < 4.78 is 10.2. The first kappa shape index (κ1) is 13.3. The van der Waals surface area contributed by atoms with Gasteiger partial charge in [-0.15, -0.1) is 0 Å². The second kappa shape index (κ2) is 6.07. The average Bonchev–Trinajstić information content (AvgIpc) is 2.37. The molecule has 1 aromatic rings. The zero-order chi connectivity index (χ0) is 12.8. The topological polar surface area (TPSA) is 93.8 Å². The van der Waals surface area contributed by atoms with Gasteiger partial charge < -0.3 is 14.6 Å². The molecule has 0 aliphatic heterocycles. The summed E-state index contributed by atoms with van der Waals surface area (Å²) in [5.41, 5.74) is 3.29. The molecule has 0 bridgehead atoms. The maximum absolute atomic E-state index is 11.2. The molecular formula is C11H16N2O4. The lowest BCUT2D eigenvalue weighted by Crippen LogP contribution is -2.31. The molecule has 0 saturated heterocycles. The van der Waals surface area contributed by atoms with Crippen LogP contribution in [0.1, 0.15) is 11.1 Å². The fourth-order valence-corrected chi connectivity index (χ4v) is 1.50. The molecule has 0 radical (unpaired) electrons. The average molecular weight is 240 g/mol. The summed E-state index contributed by atoms with van der Waals surface area (Å²) in [6, 6.07) is 3.29. The number of aliphatic hydroxyl groups is 1. The molecule has 1 amide bonds. The van der Waals surface area contributed by atoms with Crippen molar-refractivity contribution in [3.8, 4) is 11.5 Å². The number of hydrogen-bond donors (Lipinski definition) is 3. The minimum Gasteiger partial charge on any atom is -0.493 e. The molecule has 0 aromatic heterocycles. The smallest absolute Gasteiger partial charge is 0.238 e. The Balaban J connectivity index is 3.14. The molecule has 17 heavy (non-hydrogen) atoms. The fourth-order valence-electron chi connectivity index (χ4n) is 1.50. The first-order chi connectivity index (χ1) is 8.15. The number of ether oxygens (including phenoxy) is 2. The van der Waals surface area contributed by atoms with Crippen molar-refractivity contribution >= 4 is 5.91 Å². The zero-order valence-electron chi connectivity index (χ0n) is 9.82. The van der Waals surface area contributed by atoms with E-state index in [9.17, 15) is 9.90 Å². The molecule has 0 aliphatic rings. The number of amides is 1. The highest BCUT2D eigenvalue weighted by Crippen LogP contribution is 2.30. The summed E-state index contributed by atoms with van der Waals surface area (Å²) in [4.78, 5) is 11.2. The predicted molar refractivity (Wildman–Crippen MR) is 61.5 cm³/mol. The van der Waals surface area contributed by atoms with Crippen LogP contribution in [0.25, 0.3) is 0 Å². The summed E-state index contributed by atoms with van der Waals surface area (Å²) >= 11 is 0. The third-order valence-electron chi connectivity index (χ3n) is 2.39. The first-order valence-corrected chi connectivity index (χ1v) is 5.00. The van der Waals surface area contributed by atoms with Crippen LogP contribution in [0.4, 0.5) is 0 Å². The molecule has 0 fully saturated rings. The Kier molecular flexibility index (Phi) is 4.74. The molecule has 0 saturated carbocycles. The van der Waals surface area contributed by atoms with Crippen molar-refractivity contribution in [2.24, 2.45) is 5.84 Å². The van der Waals surface area contributed by atoms with Crippen molar-refractivity contribution in [2.75, 3.05) is 14.2 Å². The lowest BCUT2D eigenvalue weighted by molar-refractivity contribution is -0.120. The molecule has 6 heteroatoms. The van der Waals surface area contributed by atoms with Gasteiger partial charge in [0.05, 0.1) is 27.2 Å². The third kappa shape index (κ3) is 3.08. The number of rotatable bonds is 5. The highest BCUT2D eigenvalue weighted by molar-refractivity contribution is 5.78. The predicted octanol–water partition coefficient (Wildman–Crippen LogP) is -0.272. The van der Waals surface area contributed by atoms with Crippen molar-refractivity contribution < 1.29 is 19.4 Å². The Morgan fingerprint density at radius 1 is 1.29 bits per heavy atom. The minimum atomic E-state index is -0.341. The van der Waals surface area contributed by atoms with Gasteiger partial charge in [0.15, 0.2) is 11.5 Å². The maximum atomic E-state index is 11.2. The molecule has 1 rings (SSSR count). The van der Waals surface area contributed by atoms with Crippen LogP contribution in [-0.2, 0) is 17.8 Å². The molecule has 4 N–H and O–H groups in total. The molecule has 0 spiro atoms. The van der Waals surface area contributed by atoms with Crippen LogP contribution in [0, 0.1) is 0 Å². The van der Waals surface area contributed by atoms with Gasteiger partial charge in [0.25, 0.3) is 0 Å². The van der Waals surface area contributed by atoms with Crippen LogP contribution in [-0.4, -0.2) is 25.2 Å². The standard InChI is InChI=1S/C11H16N2O4/c1-16-9-3-7(5-11(15)13-12)8(6-14)4-10(9)17-2/h3-4,14H,5-6,12H2,1-2H3,(H,13,15). The van der Waals surface area contributed by atoms with Crippen molar-refractivity contribution in [3.63, 3.8) is 0 Å². The monoisotopic (exact) mass is 240 g/mol. The van der Waals surface area contributed by atoms with Gasteiger partial charge in [0.2, 0.25) is 5.91 Å². The normalized spacial score (nSPS) is 9.88. The van der Waals surface area contributed by atoms with Gasteiger partial charge in [-0.2, -0.15) is 0 Å². The van der Waals surface area contributed by atoms with E-state index in [0.29, 0.717) is 22.6 Å². The zero-order valence-corrected chi connectivity index (χ0v) is 9.82. The van der Waals surface area contributed by atoms with Crippen LogP contribution in [0.15, 0.2) is 12.1 Å². The summed E-state index contributed by atoms with van der Waals surface area (Å²) in [6.07, 6.45) is 0.0761. The van der Waals surface area contributed by atoms with Crippen LogP contribution in [0.2, 0.25) is 0 Å². The molecule has 0 unspecified atom stereocenters. The lowest BCUT2D eigenvalue weighted by Gasteiger charge is -2.13. The number of benzene rings is 1. The lowest BCUT2D eigenvalue weighted by atomic mass is 10.0. The second-order valence-corrected chi connectivity index (χ2v) is 3.38. The van der Waals surface area contributed by atoms with Gasteiger partial charge in [-0.1, -0.05) is 0 Å². The van der Waals surface area contributed by atoms with Crippen LogP contribution >= 0.6 is 0 Å². The Bertz CT molecular complexity index is 407. The van der Waals surface area contributed by atoms with Crippen LogP contribution < -0.4 is 20.7 Å². The van der Waals surface area contributed by atoms with Gasteiger partial charge in [-0.05, 0) is 23.3 Å². The van der Waals surface area contributed by atoms with Gasteiger partial charge in [-0.3, -0.25) is 10.2 Å². The largest absolute Gasteiger partial charge is 0.493 e. The van der Waals surface area contributed by atoms with E-state index in [1.807, 2.05) is 5.43 Å². The molecule has 0 atom stereocenters. The summed E-state index contributed by atoms with van der Waals surface area (Å²) in [6.45, 7) is -0.187. The van der Waals surface area contributed by atoms with Crippen LogP contribution in [0.3, 0.4) is 0 Å². The number of nitrogens with two attached hydrogens (primary N) is 1. The first-order valence-electron chi connectivity index (χ1n) is 5.00. The molecule has 6 nitrogen and oxygen atoms in total. The number of methoxy groups -OCH3 is 2. The summed E-state index contributed by atoms with van der Waals surface area (Å²) in [7, 11) is 3.01. The maximum Gasteiger partial charge on any atom is 0.238 e. The van der Waals surface area contributed by atoms with Gasteiger partial charge in [-0.25, -0.2) is 5.84 Å². The van der Waals surface area contributed by atoms with Gasteiger partial charge >= 0.3 is 0 Å². The van der Waals surface area contributed by atoms with E-state index in [4.69, 9.17) is 15.3 Å². The van der Waals surface area contributed by atoms with Crippen molar-refractivity contribution in [1.29, 1.82) is 0 Å². The summed E-state index contributed by atoms with van der Waals surface area (Å²) in [5.74, 6) is 5.69. The number of nitrogens with one attached hydrogen (secondary N) is 1.